The molecule has 132 valence electrons. The highest BCUT2D eigenvalue weighted by molar-refractivity contribution is 6.08. The topological polar surface area (TPSA) is 84.0 Å². The second-order valence-corrected chi connectivity index (χ2v) is 5.93. The molecule has 1 atom stereocenters. The smallest absolute Gasteiger partial charge is 0.252 e. The van der Waals surface area contributed by atoms with Gasteiger partial charge in [-0.1, -0.05) is 24.3 Å². The first-order chi connectivity index (χ1) is 12.6. The van der Waals surface area contributed by atoms with Crippen LogP contribution in [0.15, 0.2) is 54.9 Å². The molecule has 26 heavy (non-hydrogen) atoms. The van der Waals surface area contributed by atoms with Crippen LogP contribution in [0.1, 0.15) is 35.7 Å². The second kappa shape index (κ2) is 7.74. The molecule has 0 fully saturated rings. The largest absolute Gasteiger partial charge is 0.352 e. The van der Waals surface area contributed by atoms with Crippen LogP contribution in [0.4, 0.5) is 5.82 Å². The third-order valence-corrected chi connectivity index (χ3v) is 4.13. The number of fused-ring (bicyclic) bond motifs is 1. The molecule has 0 aliphatic heterocycles. The Labute approximate surface area is 151 Å². The third-order valence-electron chi connectivity index (χ3n) is 4.13. The van der Waals surface area contributed by atoms with Crippen molar-refractivity contribution in [2.45, 2.75) is 19.8 Å². The van der Waals surface area contributed by atoms with Gasteiger partial charge in [0.05, 0.1) is 17.0 Å². The maximum Gasteiger partial charge on any atom is 0.252 e. The molecule has 0 bridgehead atoms. The number of para-hydroxylation sites is 1. The summed E-state index contributed by atoms with van der Waals surface area (Å²) in [4.78, 5) is 33.5. The maximum absolute atomic E-state index is 12.6. The number of aromatic nitrogens is 2. The number of pyridine rings is 2. The number of hydrogen-bond donors (Lipinski definition) is 2. The van der Waals surface area contributed by atoms with Crippen molar-refractivity contribution in [1.29, 1.82) is 0 Å². The van der Waals surface area contributed by atoms with Crippen molar-refractivity contribution >= 4 is 28.5 Å². The lowest BCUT2D eigenvalue weighted by molar-refractivity contribution is -0.117. The summed E-state index contributed by atoms with van der Waals surface area (Å²) in [6.45, 7) is 4.19. The zero-order valence-electron chi connectivity index (χ0n) is 14.7. The van der Waals surface area contributed by atoms with E-state index in [4.69, 9.17) is 0 Å². The Morgan fingerprint density at radius 2 is 1.96 bits per heavy atom. The average molecular weight is 348 g/mol. The van der Waals surface area contributed by atoms with E-state index < -0.39 is 0 Å². The molecule has 0 aliphatic rings. The Hall–Kier alpha value is -3.28. The monoisotopic (exact) mass is 348 g/mol. The van der Waals surface area contributed by atoms with Crippen LogP contribution in [-0.4, -0.2) is 28.3 Å². The van der Waals surface area contributed by atoms with E-state index in [0.29, 0.717) is 23.4 Å². The van der Waals surface area contributed by atoms with Gasteiger partial charge in [-0.2, -0.15) is 0 Å². The number of anilines is 1. The summed E-state index contributed by atoms with van der Waals surface area (Å²) in [5.74, 6) is -0.430. The lowest BCUT2D eigenvalue weighted by atomic mass is 10.0. The number of rotatable bonds is 5. The fraction of sp³-hybridized carbons (Fsp3) is 0.200. The van der Waals surface area contributed by atoms with Gasteiger partial charge in [-0.3, -0.25) is 14.6 Å². The normalized spacial score (nSPS) is 11.8. The minimum atomic E-state index is -0.384. The lowest BCUT2D eigenvalue weighted by Crippen LogP contribution is -2.24. The van der Waals surface area contributed by atoms with E-state index >= 15 is 0 Å². The van der Waals surface area contributed by atoms with Crippen LogP contribution in [0.5, 0.6) is 0 Å². The Bertz CT molecular complexity index is 941. The van der Waals surface area contributed by atoms with Gasteiger partial charge in [-0.05, 0) is 37.6 Å². The molecule has 0 aliphatic carbocycles. The summed E-state index contributed by atoms with van der Waals surface area (Å²) in [5.41, 5.74) is 1.96. The van der Waals surface area contributed by atoms with E-state index in [0.717, 1.165) is 10.9 Å². The predicted molar refractivity (Wildman–Crippen MR) is 101 cm³/mol. The maximum atomic E-state index is 12.6. The summed E-state index contributed by atoms with van der Waals surface area (Å²) in [7, 11) is 0. The van der Waals surface area contributed by atoms with Crippen molar-refractivity contribution < 1.29 is 9.59 Å². The molecular formula is C20H20N4O2. The Balaban J connectivity index is 1.92. The molecule has 2 heterocycles. The van der Waals surface area contributed by atoms with E-state index in [2.05, 4.69) is 20.6 Å². The Morgan fingerprint density at radius 1 is 1.15 bits per heavy atom. The van der Waals surface area contributed by atoms with Gasteiger partial charge in [0.25, 0.3) is 5.91 Å². The molecule has 3 aromatic rings. The van der Waals surface area contributed by atoms with Crippen LogP contribution >= 0.6 is 0 Å². The number of amides is 2. The van der Waals surface area contributed by atoms with E-state index in [1.165, 1.54) is 0 Å². The van der Waals surface area contributed by atoms with Crippen LogP contribution in [-0.2, 0) is 4.79 Å². The molecule has 0 saturated heterocycles. The van der Waals surface area contributed by atoms with E-state index in [1.54, 1.807) is 31.5 Å². The number of carbonyl (C=O) groups is 2. The second-order valence-electron chi connectivity index (χ2n) is 5.93. The van der Waals surface area contributed by atoms with Gasteiger partial charge in [0.1, 0.15) is 5.82 Å². The fourth-order valence-corrected chi connectivity index (χ4v) is 2.70. The van der Waals surface area contributed by atoms with Gasteiger partial charge in [0.2, 0.25) is 5.91 Å². The van der Waals surface area contributed by atoms with Gasteiger partial charge in [0.15, 0.2) is 0 Å². The van der Waals surface area contributed by atoms with Crippen molar-refractivity contribution in [2.75, 3.05) is 11.9 Å². The minimum Gasteiger partial charge on any atom is -0.352 e. The quantitative estimate of drug-likeness (QED) is 0.742. The Morgan fingerprint density at radius 3 is 2.69 bits per heavy atom. The van der Waals surface area contributed by atoms with Crippen LogP contribution in [0.25, 0.3) is 10.9 Å². The summed E-state index contributed by atoms with van der Waals surface area (Å²) >= 11 is 0. The molecule has 1 aromatic carbocycles. The zero-order valence-corrected chi connectivity index (χ0v) is 14.7. The molecular weight excluding hydrogens is 328 g/mol. The fourth-order valence-electron chi connectivity index (χ4n) is 2.70. The van der Waals surface area contributed by atoms with Crippen molar-refractivity contribution in [2.24, 2.45) is 0 Å². The molecule has 2 amide bonds. The summed E-state index contributed by atoms with van der Waals surface area (Å²) in [5, 5.41) is 6.35. The third kappa shape index (κ3) is 3.69. The summed E-state index contributed by atoms with van der Waals surface area (Å²) in [6.07, 6.45) is 3.33. The SMILES string of the molecule is CCNC(=O)c1cc(NC(=O)[C@@H](C)c2cccnc2)nc2ccccc12. The molecule has 0 unspecified atom stereocenters. The molecule has 6 heteroatoms. The van der Waals surface area contributed by atoms with Gasteiger partial charge >= 0.3 is 0 Å². The van der Waals surface area contributed by atoms with E-state index in [9.17, 15) is 9.59 Å². The van der Waals surface area contributed by atoms with Crippen molar-refractivity contribution in [3.63, 3.8) is 0 Å². The molecule has 0 spiro atoms. The summed E-state index contributed by atoms with van der Waals surface area (Å²) < 4.78 is 0. The summed E-state index contributed by atoms with van der Waals surface area (Å²) in [6, 6.07) is 12.6. The number of nitrogens with one attached hydrogen (secondary N) is 2. The molecule has 0 saturated carbocycles. The van der Waals surface area contributed by atoms with E-state index in [-0.39, 0.29) is 17.7 Å². The molecule has 2 aromatic heterocycles. The standard InChI is InChI=1S/C20H20N4O2/c1-3-22-20(26)16-11-18(23-17-9-5-4-8-15(16)17)24-19(25)13(2)14-7-6-10-21-12-14/h4-13H,3H2,1-2H3,(H,22,26)(H,23,24,25)/t13-/m0/s1. The van der Waals surface area contributed by atoms with Crippen LogP contribution in [0.2, 0.25) is 0 Å². The predicted octanol–water partition coefficient (Wildman–Crippen LogP) is 3.12. The molecule has 2 N–H and O–H groups in total. The first-order valence-electron chi connectivity index (χ1n) is 8.49. The minimum absolute atomic E-state index is 0.193. The first-order valence-corrected chi connectivity index (χ1v) is 8.49. The number of nitrogens with zero attached hydrogens (tertiary/aromatic N) is 2. The molecule has 0 radical (unpaired) electrons. The highest BCUT2D eigenvalue weighted by atomic mass is 16.2. The van der Waals surface area contributed by atoms with Crippen molar-refractivity contribution in [3.05, 3.63) is 66.0 Å². The van der Waals surface area contributed by atoms with Crippen LogP contribution < -0.4 is 10.6 Å². The van der Waals surface area contributed by atoms with Crippen LogP contribution in [0.3, 0.4) is 0 Å². The number of hydrogen-bond acceptors (Lipinski definition) is 4. The lowest BCUT2D eigenvalue weighted by Gasteiger charge is -2.14. The van der Waals surface area contributed by atoms with Crippen molar-refractivity contribution in [3.8, 4) is 0 Å². The van der Waals surface area contributed by atoms with Crippen LogP contribution in [0, 0.1) is 0 Å². The van der Waals surface area contributed by atoms with Gasteiger partial charge < -0.3 is 10.6 Å². The van der Waals surface area contributed by atoms with Gasteiger partial charge in [0, 0.05) is 24.3 Å². The first kappa shape index (κ1) is 17.5. The Kier molecular flexibility index (Phi) is 5.22. The van der Waals surface area contributed by atoms with E-state index in [1.807, 2.05) is 37.3 Å². The number of carbonyl (C=O) groups excluding carboxylic acids is 2. The van der Waals surface area contributed by atoms with Gasteiger partial charge in [-0.25, -0.2) is 4.98 Å². The molecule has 3 rings (SSSR count). The highest BCUT2D eigenvalue weighted by Gasteiger charge is 2.18. The zero-order chi connectivity index (χ0) is 18.5. The highest BCUT2D eigenvalue weighted by Crippen LogP contribution is 2.22. The van der Waals surface area contributed by atoms with Gasteiger partial charge in [-0.15, -0.1) is 0 Å². The number of benzene rings is 1. The molecule has 6 nitrogen and oxygen atoms in total. The van der Waals surface area contributed by atoms with Crippen molar-refractivity contribution in [1.82, 2.24) is 15.3 Å². The average Bonchev–Trinajstić information content (AvgIpc) is 2.67.